The first-order valence-corrected chi connectivity index (χ1v) is 12.8. The van der Waals surface area contributed by atoms with Crippen molar-refractivity contribution in [3.63, 3.8) is 0 Å². The third kappa shape index (κ3) is 8.96. The highest BCUT2D eigenvalue weighted by Gasteiger charge is 2.09. The minimum absolute atomic E-state index is 0.237. The van der Waals surface area contributed by atoms with Gasteiger partial charge in [-0.2, -0.15) is 0 Å². The number of nitrogens with one attached hydrogen (secondary N) is 1. The molecule has 0 aliphatic carbocycles. The number of amides is 1. The Morgan fingerprint density at radius 1 is 0.919 bits per heavy atom. The van der Waals surface area contributed by atoms with Crippen LogP contribution in [0.5, 0.6) is 0 Å². The van der Waals surface area contributed by atoms with Gasteiger partial charge in [-0.05, 0) is 43.2 Å². The molecule has 1 N–H and O–H groups in total. The zero-order chi connectivity index (χ0) is 26.5. The van der Waals surface area contributed by atoms with Crippen molar-refractivity contribution in [2.45, 2.75) is 33.6 Å². The molecule has 4 aromatic rings. The Bertz CT molecular complexity index is 1360. The second-order valence-electron chi connectivity index (χ2n) is 7.52. The van der Waals surface area contributed by atoms with Crippen LogP contribution in [0, 0.1) is 0 Å². The van der Waals surface area contributed by atoms with E-state index < -0.39 is 11.5 Å². The summed E-state index contributed by atoms with van der Waals surface area (Å²) < 4.78 is 12.9. The SMILES string of the molecule is CCO/N=c1\sc2cc(NC(=O)OCc3ccccc3)ccc2n1CC.O=C(Cl)OCc1ccccc1. The maximum absolute atomic E-state index is 12.0. The number of hydrogen-bond acceptors (Lipinski definition) is 7. The highest BCUT2D eigenvalue weighted by molar-refractivity contribution is 7.16. The molecule has 0 fully saturated rings. The van der Waals surface area contributed by atoms with E-state index in [1.807, 2.05) is 85.8 Å². The molecule has 10 heteroatoms. The zero-order valence-corrected chi connectivity index (χ0v) is 22.1. The Balaban J connectivity index is 0.000000289. The Morgan fingerprint density at radius 3 is 2.11 bits per heavy atom. The molecule has 0 unspecified atom stereocenters. The van der Waals surface area contributed by atoms with Crippen molar-refractivity contribution in [1.82, 2.24) is 4.57 Å². The summed E-state index contributed by atoms with van der Waals surface area (Å²) in [5, 5.41) is 6.92. The average Bonchev–Trinajstić information content (AvgIpc) is 3.27. The van der Waals surface area contributed by atoms with E-state index in [-0.39, 0.29) is 13.2 Å². The molecule has 0 radical (unpaired) electrons. The lowest BCUT2D eigenvalue weighted by Crippen LogP contribution is -2.14. The van der Waals surface area contributed by atoms with Crippen LogP contribution in [-0.2, 0) is 34.1 Å². The van der Waals surface area contributed by atoms with Gasteiger partial charge in [0.2, 0.25) is 4.80 Å². The van der Waals surface area contributed by atoms with Crippen LogP contribution in [0.2, 0.25) is 0 Å². The van der Waals surface area contributed by atoms with Gasteiger partial charge in [0.25, 0.3) is 0 Å². The van der Waals surface area contributed by atoms with Crippen LogP contribution < -0.4 is 10.1 Å². The lowest BCUT2D eigenvalue weighted by atomic mass is 10.2. The number of thiazole rings is 1. The van der Waals surface area contributed by atoms with Gasteiger partial charge in [0.05, 0.1) is 10.2 Å². The summed E-state index contributed by atoms with van der Waals surface area (Å²) in [4.78, 5) is 28.2. The molecule has 0 saturated carbocycles. The van der Waals surface area contributed by atoms with E-state index in [1.165, 1.54) is 11.3 Å². The number of rotatable bonds is 8. The number of halogens is 1. The van der Waals surface area contributed by atoms with Crippen LogP contribution in [0.15, 0.2) is 84.0 Å². The first-order valence-electron chi connectivity index (χ1n) is 11.6. The molecule has 0 spiro atoms. The molecule has 1 aromatic heterocycles. The van der Waals surface area contributed by atoms with Gasteiger partial charge in [0.1, 0.15) is 19.8 Å². The molecule has 194 valence electrons. The molecule has 0 saturated heterocycles. The van der Waals surface area contributed by atoms with Crippen LogP contribution in [-0.4, -0.2) is 22.7 Å². The first kappa shape index (κ1) is 27.8. The van der Waals surface area contributed by atoms with Gasteiger partial charge in [0.15, 0.2) is 0 Å². The third-order valence-electron chi connectivity index (χ3n) is 4.93. The van der Waals surface area contributed by atoms with Crippen LogP contribution in [0.25, 0.3) is 10.2 Å². The highest BCUT2D eigenvalue weighted by atomic mass is 35.5. The minimum atomic E-state index is -0.770. The minimum Gasteiger partial charge on any atom is -0.449 e. The smallest absolute Gasteiger partial charge is 0.411 e. The van der Waals surface area contributed by atoms with Crippen LogP contribution >= 0.6 is 22.9 Å². The molecule has 3 aromatic carbocycles. The Morgan fingerprint density at radius 2 is 1.54 bits per heavy atom. The largest absolute Gasteiger partial charge is 0.449 e. The fourth-order valence-corrected chi connectivity index (χ4v) is 4.39. The molecule has 8 nitrogen and oxygen atoms in total. The molecule has 1 amide bonds. The normalized spacial score (nSPS) is 10.8. The number of benzene rings is 3. The molecule has 4 rings (SSSR count). The number of ether oxygens (including phenoxy) is 2. The van der Waals surface area contributed by atoms with E-state index in [9.17, 15) is 9.59 Å². The van der Waals surface area contributed by atoms with Gasteiger partial charge < -0.3 is 18.9 Å². The van der Waals surface area contributed by atoms with Crippen molar-refractivity contribution in [2.24, 2.45) is 5.16 Å². The van der Waals surface area contributed by atoms with E-state index in [2.05, 4.69) is 26.7 Å². The summed E-state index contributed by atoms with van der Waals surface area (Å²) in [5.41, 5.74) is 2.85. The standard InChI is InChI=1S/C19H21N3O3S.C8H7ClO2/c1-3-22-16-11-10-15(12-17(16)26-18(22)21-25-4-2)20-19(23)24-13-14-8-6-5-7-9-14;9-8(10)11-6-7-4-2-1-3-5-7/h5-12H,3-4,13H2,1-2H3,(H,20,23);1-5H,6H2/b21-18-;. The fourth-order valence-electron chi connectivity index (χ4n) is 3.24. The van der Waals surface area contributed by atoms with Crippen molar-refractivity contribution in [2.75, 3.05) is 11.9 Å². The maximum atomic E-state index is 12.0. The van der Waals surface area contributed by atoms with E-state index in [0.29, 0.717) is 12.3 Å². The maximum Gasteiger partial charge on any atom is 0.411 e. The van der Waals surface area contributed by atoms with Crippen LogP contribution in [0.4, 0.5) is 15.3 Å². The predicted octanol–water partition coefficient (Wildman–Crippen LogP) is 6.89. The number of carbonyl (C=O) groups is 2. The average molecular weight is 542 g/mol. The Kier molecular flexibility index (Phi) is 11.0. The number of aromatic nitrogens is 1. The Hall–Kier alpha value is -3.82. The van der Waals surface area contributed by atoms with Crippen molar-refractivity contribution >= 4 is 50.4 Å². The summed E-state index contributed by atoms with van der Waals surface area (Å²) in [7, 11) is 0. The predicted molar refractivity (Wildman–Crippen MR) is 145 cm³/mol. The molecule has 0 bridgehead atoms. The van der Waals surface area contributed by atoms with E-state index >= 15 is 0 Å². The fraction of sp³-hybridized carbons (Fsp3) is 0.222. The molecule has 0 aliphatic rings. The molecule has 37 heavy (non-hydrogen) atoms. The van der Waals surface area contributed by atoms with Gasteiger partial charge >= 0.3 is 11.5 Å². The number of nitrogens with zero attached hydrogens (tertiary/aromatic N) is 2. The zero-order valence-electron chi connectivity index (χ0n) is 20.6. The summed E-state index contributed by atoms with van der Waals surface area (Å²) in [6.07, 6.45) is -0.479. The third-order valence-corrected chi connectivity index (χ3v) is 6.06. The number of carbonyl (C=O) groups excluding carboxylic acids is 2. The van der Waals surface area contributed by atoms with Gasteiger partial charge in [0, 0.05) is 23.8 Å². The van der Waals surface area contributed by atoms with Crippen LogP contribution in [0.1, 0.15) is 25.0 Å². The van der Waals surface area contributed by atoms with Gasteiger partial charge in [-0.1, -0.05) is 77.2 Å². The molecule has 1 heterocycles. The van der Waals surface area contributed by atoms with Gasteiger partial charge in [-0.3, -0.25) is 5.32 Å². The highest BCUT2D eigenvalue weighted by Crippen LogP contribution is 2.22. The van der Waals surface area contributed by atoms with Crippen molar-refractivity contribution in [3.8, 4) is 0 Å². The van der Waals surface area contributed by atoms with E-state index in [0.717, 1.165) is 32.7 Å². The number of anilines is 1. The van der Waals surface area contributed by atoms with Crippen LogP contribution in [0.3, 0.4) is 0 Å². The summed E-state index contributed by atoms with van der Waals surface area (Å²) in [6, 6.07) is 24.7. The van der Waals surface area contributed by atoms with Crippen molar-refractivity contribution in [1.29, 1.82) is 0 Å². The summed E-state index contributed by atoms with van der Waals surface area (Å²) in [5.74, 6) is 0. The van der Waals surface area contributed by atoms with E-state index in [4.69, 9.17) is 21.2 Å². The second kappa shape index (κ2) is 14.7. The van der Waals surface area contributed by atoms with E-state index in [1.54, 1.807) is 0 Å². The Labute approximate surface area is 224 Å². The molecular weight excluding hydrogens is 514 g/mol. The van der Waals surface area contributed by atoms with Gasteiger partial charge in [-0.15, -0.1) is 0 Å². The van der Waals surface area contributed by atoms with Gasteiger partial charge in [-0.25, -0.2) is 9.59 Å². The lowest BCUT2D eigenvalue weighted by Gasteiger charge is -2.07. The molecule has 0 aliphatic heterocycles. The monoisotopic (exact) mass is 541 g/mol. The topological polar surface area (TPSA) is 91.1 Å². The summed E-state index contributed by atoms with van der Waals surface area (Å²) in [6.45, 7) is 5.75. The quantitative estimate of drug-likeness (QED) is 0.194. The number of hydrogen-bond donors (Lipinski definition) is 1. The molecular formula is C27H28ClN3O5S. The lowest BCUT2D eigenvalue weighted by molar-refractivity contribution is 0.146. The van der Waals surface area contributed by atoms with Crippen molar-refractivity contribution < 1.29 is 23.9 Å². The summed E-state index contributed by atoms with van der Waals surface area (Å²) >= 11 is 6.49. The first-order chi connectivity index (χ1) is 18.0. The number of aryl methyl sites for hydroxylation is 1. The number of fused-ring (bicyclic) bond motifs is 1. The van der Waals surface area contributed by atoms with Crippen molar-refractivity contribution in [3.05, 3.63) is 94.8 Å². The second-order valence-corrected chi connectivity index (χ2v) is 8.84. The molecule has 0 atom stereocenters.